The third kappa shape index (κ3) is 2.07. The molecule has 0 heterocycles. The van der Waals surface area contributed by atoms with Crippen LogP contribution in [0.2, 0.25) is 0 Å². The molecular formula is C11H9NO4. The van der Waals surface area contributed by atoms with E-state index in [2.05, 4.69) is 0 Å². The number of carbonyl (C=O) groups is 2. The number of rotatable bonds is 3. The second-order valence-electron chi connectivity index (χ2n) is 3.27. The molecule has 1 rings (SSSR count). The summed E-state index contributed by atoms with van der Waals surface area (Å²) in [6.45, 7) is 1.57. The van der Waals surface area contributed by atoms with Crippen LogP contribution in [-0.2, 0) is 4.79 Å². The van der Waals surface area contributed by atoms with Crippen LogP contribution in [-0.4, -0.2) is 22.5 Å². The largest absolute Gasteiger partial charge is 0.479 e. The van der Waals surface area contributed by atoms with E-state index >= 15 is 0 Å². The predicted molar refractivity (Wildman–Crippen MR) is 53.9 cm³/mol. The highest BCUT2D eigenvalue weighted by atomic mass is 16.4. The maximum atomic E-state index is 10.6. The summed E-state index contributed by atoms with van der Waals surface area (Å²) >= 11 is 0. The molecule has 1 aromatic rings. The molecule has 0 aliphatic rings. The van der Waals surface area contributed by atoms with Gasteiger partial charge in [-0.25, -0.2) is 4.79 Å². The van der Waals surface area contributed by atoms with Crippen LogP contribution in [0.25, 0.3) is 0 Å². The van der Waals surface area contributed by atoms with Gasteiger partial charge in [-0.2, -0.15) is 5.26 Å². The zero-order valence-corrected chi connectivity index (χ0v) is 8.47. The number of carboxylic acids is 1. The molecular weight excluding hydrogens is 210 g/mol. The molecule has 0 saturated heterocycles. The molecule has 0 bridgehead atoms. The monoisotopic (exact) mass is 219 g/mol. The van der Waals surface area contributed by atoms with E-state index in [1.54, 1.807) is 13.0 Å². The molecule has 1 atom stereocenters. The van der Waals surface area contributed by atoms with Gasteiger partial charge in [0.1, 0.15) is 0 Å². The fourth-order valence-electron chi connectivity index (χ4n) is 1.37. The minimum absolute atomic E-state index is 0.0518. The molecule has 5 nitrogen and oxygen atoms in total. The molecule has 2 N–H and O–H groups in total. The van der Waals surface area contributed by atoms with Crippen molar-refractivity contribution in [2.24, 2.45) is 0 Å². The summed E-state index contributed by atoms with van der Waals surface area (Å²) in [6, 6.07) is 4.37. The fourth-order valence-corrected chi connectivity index (χ4v) is 1.37. The number of carboxylic acid groups (broad SMARTS) is 1. The third-order valence-electron chi connectivity index (χ3n) is 2.21. The first-order valence-electron chi connectivity index (χ1n) is 4.42. The lowest BCUT2D eigenvalue weighted by atomic mass is 9.97. The van der Waals surface area contributed by atoms with Crippen molar-refractivity contribution in [3.8, 4) is 6.07 Å². The van der Waals surface area contributed by atoms with Gasteiger partial charge in [0.15, 0.2) is 12.4 Å². The zero-order chi connectivity index (χ0) is 12.3. The van der Waals surface area contributed by atoms with Gasteiger partial charge in [-0.1, -0.05) is 0 Å². The number of aryl methyl sites for hydroxylation is 1. The maximum absolute atomic E-state index is 10.6. The number of aliphatic hydroxyl groups excluding tert-OH is 1. The number of carbonyl (C=O) groups excluding carboxylic acids is 1. The highest BCUT2D eigenvalue weighted by molar-refractivity contribution is 5.81. The van der Waals surface area contributed by atoms with Crippen LogP contribution >= 0.6 is 0 Å². The molecule has 0 spiro atoms. The standard InChI is InChI=1S/C11H9NO4/c1-6-2-8(5-13)7(4-12)3-9(6)10(14)11(15)16/h2-3,5,10,14H,1H3,(H,15,16). The van der Waals surface area contributed by atoms with E-state index in [1.807, 2.05) is 0 Å². The number of hydrogen-bond acceptors (Lipinski definition) is 4. The molecule has 0 radical (unpaired) electrons. The first kappa shape index (κ1) is 11.9. The number of nitrogens with zero attached hydrogens (tertiary/aromatic N) is 1. The summed E-state index contributed by atoms with van der Waals surface area (Å²) in [5.41, 5.74) is 0.808. The number of benzene rings is 1. The Kier molecular flexibility index (Phi) is 3.38. The Bertz CT molecular complexity index is 487. The lowest BCUT2D eigenvalue weighted by Gasteiger charge is -2.10. The van der Waals surface area contributed by atoms with Gasteiger partial charge in [0.25, 0.3) is 0 Å². The molecule has 1 unspecified atom stereocenters. The third-order valence-corrected chi connectivity index (χ3v) is 2.21. The van der Waals surface area contributed by atoms with E-state index in [-0.39, 0.29) is 16.7 Å². The summed E-state index contributed by atoms with van der Waals surface area (Å²) in [5, 5.41) is 26.8. The van der Waals surface area contributed by atoms with Crippen LogP contribution in [0.5, 0.6) is 0 Å². The Hall–Kier alpha value is -2.19. The second kappa shape index (κ2) is 4.55. The maximum Gasteiger partial charge on any atom is 0.337 e. The van der Waals surface area contributed by atoms with E-state index in [1.165, 1.54) is 12.1 Å². The van der Waals surface area contributed by atoms with E-state index in [4.69, 9.17) is 10.4 Å². The topological polar surface area (TPSA) is 98.4 Å². The van der Waals surface area contributed by atoms with Crippen LogP contribution in [0.3, 0.4) is 0 Å². The Morgan fingerprint density at radius 3 is 2.62 bits per heavy atom. The molecule has 16 heavy (non-hydrogen) atoms. The first-order chi connectivity index (χ1) is 7.51. The predicted octanol–water partition coefficient (Wildman–Crippen LogP) is 0.797. The first-order valence-corrected chi connectivity index (χ1v) is 4.42. The van der Waals surface area contributed by atoms with Crippen molar-refractivity contribution in [2.45, 2.75) is 13.0 Å². The summed E-state index contributed by atoms with van der Waals surface area (Å²) in [7, 11) is 0. The quantitative estimate of drug-likeness (QED) is 0.732. The lowest BCUT2D eigenvalue weighted by molar-refractivity contribution is -0.147. The number of aldehydes is 1. The SMILES string of the molecule is Cc1cc(C=O)c(C#N)cc1C(O)C(=O)O. The van der Waals surface area contributed by atoms with Gasteiger partial charge in [0.2, 0.25) is 0 Å². The van der Waals surface area contributed by atoms with Crippen molar-refractivity contribution < 1.29 is 19.8 Å². The molecule has 0 aliphatic heterocycles. The molecule has 0 aromatic heterocycles. The highest BCUT2D eigenvalue weighted by Gasteiger charge is 2.19. The number of aliphatic hydroxyl groups is 1. The molecule has 0 saturated carbocycles. The normalized spacial score (nSPS) is 11.6. The van der Waals surface area contributed by atoms with Crippen LogP contribution in [0.15, 0.2) is 12.1 Å². The lowest BCUT2D eigenvalue weighted by Crippen LogP contribution is -2.12. The van der Waals surface area contributed by atoms with E-state index < -0.39 is 12.1 Å². The van der Waals surface area contributed by atoms with Crippen LogP contribution < -0.4 is 0 Å². The van der Waals surface area contributed by atoms with E-state index in [0.717, 1.165) is 0 Å². The van der Waals surface area contributed by atoms with Gasteiger partial charge in [0.05, 0.1) is 11.6 Å². The average Bonchev–Trinajstić information content (AvgIpc) is 2.27. The Morgan fingerprint density at radius 1 is 1.56 bits per heavy atom. The molecule has 1 aromatic carbocycles. The Morgan fingerprint density at radius 2 is 2.19 bits per heavy atom. The molecule has 82 valence electrons. The minimum Gasteiger partial charge on any atom is -0.479 e. The average molecular weight is 219 g/mol. The minimum atomic E-state index is -1.69. The fraction of sp³-hybridized carbons (Fsp3) is 0.182. The van der Waals surface area contributed by atoms with Gasteiger partial charge >= 0.3 is 5.97 Å². The van der Waals surface area contributed by atoms with Crippen molar-refractivity contribution >= 4 is 12.3 Å². The molecule has 0 fully saturated rings. The van der Waals surface area contributed by atoms with Crippen molar-refractivity contribution in [3.05, 3.63) is 34.4 Å². The van der Waals surface area contributed by atoms with Gasteiger partial charge < -0.3 is 10.2 Å². The number of nitriles is 1. The zero-order valence-electron chi connectivity index (χ0n) is 8.47. The van der Waals surface area contributed by atoms with Gasteiger partial charge in [-0.3, -0.25) is 4.79 Å². The van der Waals surface area contributed by atoms with Crippen LogP contribution in [0.4, 0.5) is 0 Å². The summed E-state index contributed by atoms with van der Waals surface area (Å²) in [4.78, 5) is 21.2. The number of aliphatic carboxylic acids is 1. The van der Waals surface area contributed by atoms with Gasteiger partial charge in [-0.15, -0.1) is 0 Å². The van der Waals surface area contributed by atoms with Gasteiger partial charge in [-0.05, 0) is 30.2 Å². The van der Waals surface area contributed by atoms with Gasteiger partial charge in [0, 0.05) is 5.56 Å². The van der Waals surface area contributed by atoms with Crippen molar-refractivity contribution in [1.82, 2.24) is 0 Å². The Balaban J connectivity index is 3.38. The highest BCUT2D eigenvalue weighted by Crippen LogP contribution is 2.21. The Labute approximate surface area is 91.6 Å². The molecule has 0 amide bonds. The van der Waals surface area contributed by atoms with Crippen molar-refractivity contribution in [3.63, 3.8) is 0 Å². The summed E-state index contributed by atoms with van der Waals surface area (Å²) < 4.78 is 0. The van der Waals surface area contributed by atoms with Crippen molar-refractivity contribution in [1.29, 1.82) is 5.26 Å². The smallest absolute Gasteiger partial charge is 0.337 e. The molecule has 0 aliphatic carbocycles. The van der Waals surface area contributed by atoms with E-state index in [0.29, 0.717) is 11.8 Å². The summed E-state index contributed by atoms with van der Waals surface area (Å²) in [5.74, 6) is -1.40. The van der Waals surface area contributed by atoms with E-state index in [9.17, 15) is 14.7 Å². The van der Waals surface area contributed by atoms with Crippen LogP contribution in [0.1, 0.15) is 33.2 Å². The van der Waals surface area contributed by atoms with Crippen molar-refractivity contribution in [2.75, 3.05) is 0 Å². The van der Waals surface area contributed by atoms with Crippen LogP contribution in [0, 0.1) is 18.3 Å². The molecule has 5 heteroatoms. The number of hydrogen-bond donors (Lipinski definition) is 2. The summed E-state index contributed by atoms with van der Waals surface area (Å²) in [6.07, 6.45) is -1.17. The second-order valence-corrected chi connectivity index (χ2v) is 3.27.